The van der Waals surface area contributed by atoms with Gasteiger partial charge in [0.05, 0.1) is 5.84 Å². The van der Waals surface area contributed by atoms with E-state index < -0.39 is 0 Å². The second-order valence-electron chi connectivity index (χ2n) is 5.14. The lowest BCUT2D eigenvalue weighted by Gasteiger charge is -2.32. The molecule has 0 aromatic carbocycles. The van der Waals surface area contributed by atoms with Crippen LogP contribution in [0.2, 0.25) is 0 Å². The number of rotatable bonds is 2. The van der Waals surface area contributed by atoms with Gasteiger partial charge in [0.2, 0.25) is 0 Å². The van der Waals surface area contributed by atoms with Crippen molar-refractivity contribution in [3.8, 4) is 0 Å². The van der Waals surface area contributed by atoms with Gasteiger partial charge in [0.15, 0.2) is 0 Å². The quantitative estimate of drug-likeness (QED) is 0.533. The van der Waals surface area contributed by atoms with Crippen LogP contribution in [0.3, 0.4) is 0 Å². The van der Waals surface area contributed by atoms with Crippen LogP contribution in [-0.4, -0.2) is 24.8 Å². The van der Waals surface area contributed by atoms with E-state index in [1.165, 1.54) is 25.7 Å². The fraction of sp³-hybridized carbons (Fsp3) is 0.917. The van der Waals surface area contributed by atoms with E-state index in [2.05, 4.69) is 13.8 Å². The van der Waals surface area contributed by atoms with E-state index >= 15 is 0 Å². The zero-order valence-electron chi connectivity index (χ0n) is 10.0. The van der Waals surface area contributed by atoms with Crippen LogP contribution in [0.5, 0.6) is 0 Å². The third-order valence-electron chi connectivity index (χ3n) is 3.58. The predicted molar refractivity (Wildman–Crippen MR) is 61.7 cm³/mol. The molecule has 0 saturated heterocycles. The van der Waals surface area contributed by atoms with Crippen LogP contribution in [0.25, 0.3) is 0 Å². The number of hydrogen-bond acceptors (Lipinski definition) is 1. The van der Waals surface area contributed by atoms with Crippen LogP contribution in [0.15, 0.2) is 0 Å². The van der Waals surface area contributed by atoms with Gasteiger partial charge in [-0.15, -0.1) is 0 Å². The summed E-state index contributed by atoms with van der Waals surface area (Å²) >= 11 is 0. The van der Waals surface area contributed by atoms with Crippen LogP contribution in [0, 0.1) is 23.2 Å². The lowest BCUT2D eigenvalue weighted by atomic mass is 9.76. The Hall–Kier alpha value is -0.530. The van der Waals surface area contributed by atoms with Gasteiger partial charge in [-0.3, -0.25) is 5.41 Å². The predicted octanol–water partition coefficient (Wildman–Crippen LogP) is 2.99. The largest absolute Gasteiger partial charge is 0.366 e. The van der Waals surface area contributed by atoms with E-state index in [4.69, 9.17) is 5.41 Å². The average molecular weight is 196 g/mol. The van der Waals surface area contributed by atoms with Gasteiger partial charge in [-0.1, -0.05) is 13.8 Å². The Balaban J connectivity index is 2.39. The first-order valence-electron chi connectivity index (χ1n) is 5.78. The number of nitrogens with zero attached hydrogens (tertiary/aromatic N) is 1. The Bertz CT molecular complexity index is 188. The first kappa shape index (κ1) is 11.5. The highest BCUT2D eigenvalue weighted by molar-refractivity contribution is 5.81. The third kappa shape index (κ3) is 2.73. The molecule has 0 spiro atoms. The van der Waals surface area contributed by atoms with Gasteiger partial charge < -0.3 is 4.90 Å². The maximum Gasteiger partial charge on any atom is 0.0984 e. The monoisotopic (exact) mass is 196 g/mol. The van der Waals surface area contributed by atoms with Crippen molar-refractivity contribution in [2.24, 2.45) is 17.8 Å². The highest BCUT2D eigenvalue weighted by Gasteiger charge is 2.26. The molecule has 1 aliphatic carbocycles. The molecule has 0 bridgehead atoms. The zero-order chi connectivity index (χ0) is 10.7. The normalized spacial score (nSPS) is 27.8. The van der Waals surface area contributed by atoms with Crippen molar-refractivity contribution in [3.63, 3.8) is 0 Å². The van der Waals surface area contributed by atoms with Crippen LogP contribution < -0.4 is 0 Å². The summed E-state index contributed by atoms with van der Waals surface area (Å²) in [4.78, 5) is 1.96. The van der Waals surface area contributed by atoms with Gasteiger partial charge in [-0.2, -0.15) is 0 Å². The molecule has 0 amide bonds. The van der Waals surface area contributed by atoms with Crippen molar-refractivity contribution < 1.29 is 0 Å². The van der Waals surface area contributed by atoms with Crippen molar-refractivity contribution >= 4 is 5.84 Å². The van der Waals surface area contributed by atoms with Crippen molar-refractivity contribution in [2.45, 2.75) is 39.5 Å². The summed E-state index contributed by atoms with van der Waals surface area (Å²) in [5.74, 6) is 3.08. The maximum atomic E-state index is 7.94. The molecule has 2 heteroatoms. The zero-order valence-corrected chi connectivity index (χ0v) is 10.0. The minimum Gasteiger partial charge on any atom is -0.366 e. The van der Waals surface area contributed by atoms with E-state index in [9.17, 15) is 0 Å². The summed E-state index contributed by atoms with van der Waals surface area (Å²) in [5.41, 5.74) is 0. The van der Waals surface area contributed by atoms with Crippen molar-refractivity contribution in [1.82, 2.24) is 4.90 Å². The Morgan fingerprint density at radius 3 is 2.00 bits per heavy atom. The van der Waals surface area contributed by atoms with Gasteiger partial charge in [-0.05, 0) is 37.5 Å². The summed E-state index contributed by atoms with van der Waals surface area (Å²) in [6.45, 7) is 4.64. The van der Waals surface area contributed by atoms with Gasteiger partial charge in [0.1, 0.15) is 0 Å². The molecule has 2 nitrogen and oxygen atoms in total. The van der Waals surface area contributed by atoms with E-state index in [1.807, 2.05) is 19.0 Å². The number of hydrogen-bond donors (Lipinski definition) is 1. The van der Waals surface area contributed by atoms with E-state index in [1.54, 1.807) is 0 Å². The SMILES string of the molecule is CC(C)C1CCC(C(=N)N(C)C)CC1. The Morgan fingerprint density at radius 1 is 1.14 bits per heavy atom. The summed E-state index contributed by atoms with van der Waals surface area (Å²) < 4.78 is 0. The summed E-state index contributed by atoms with van der Waals surface area (Å²) in [5, 5.41) is 7.94. The molecule has 1 saturated carbocycles. The summed E-state index contributed by atoms with van der Waals surface area (Å²) in [7, 11) is 3.97. The Kier molecular flexibility index (Phi) is 3.97. The van der Waals surface area contributed by atoms with E-state index in [0.717, 1.165) is 17.7 Å². The van der Waals surface area contributed by atoms with Gasteiger partial charge in [0.25, 0.3) is 0 Å². The maximum absolute atomic E-state index is 7.94. The first-order chi connectivity index (χ1) is 6.52. The molecule has 0 aliphatic heterocycles. The van der Waals surface area contributed by atoms with Gasteiger partial charge in [0, 0.05) is 20.0 Å². The molecule has 1 N–H and O–H groups in total. The molecule has 0 radical (unpaired) electrons. The second kappa shape index (κ2) is 4.81. The molecule has 0 heterocycles. The van der Waals surface area contributed by atoms with Crippen LogP contribution in [0.1, 0.15) is 39.5 Å². The average Bonchev–Trinajstić information content (AvgIpc) is 2.16. The van der Waals surface area contributed by atoms with Crippen molar-refractivity contribution in [1.29, 1.82) is 5.41 Å². The molecule has 14 heavy (non-hydrogen) atoms. The van der Waals surface area contributed by atoms with Gasteiger partial charge >= 0.3 is 0 Å². The van der Waals surface area contributed by atoms with Crippen molar-refractivity contribution in [3.05, 3.63) is 0 Å². The van der Waals surface area contributed by atoms with E-state index in [-0.39, 0.29) is 0 Å². The fourth-order valence-corrected chi connectivity index (χ4v) is 2.42. The second-order valence-corrected chi connectivity index (χ2v) is 5.14. The molecular formula is C12H24N2. The molecule has 0 aromatic rings. The van der Waals surface area contributed by atoms with Crippen molar-refractivity contribution in [2.75, 3.05) is 14.1 Å². The molecular weight excluding hydrogens is 172 g/mol. The van der Waals surface area contributed by atoms with E-state index in [0.29, 0.717) is 5.92 Å². The molecule has 1 rings (SSSR count). The Labute approximate surface area is 88.2 Å². The van der Waals surface area contributed by atoms with Crippen LogP contribution >= 0.6 is 0 Å². The highest BCUT2D eigenvalue weighted by Crippen LogP contribution is 2.33. The highest BCUT2D eigenvalue weighted by atomic mass is 15.1. The smallest absolute Gasteiger partial charge is 0.0984 e. The third-order valence-corrected chi connectivity index (χ3v) is 3.58. The lowest BCUT2D eigenvalue weighted by molar-refractivity contribution is 0.249. The summed E-state index contributed by atoms with van der Waals surface area (Å²) in [6, 6.07) is 0. The van der Waals surface area contributed by atoms with Crippen LogP contribution in [0.4, 0.5) is 0 Å². The molecule has 1 fully saturated rings. The lowest BCUT2D eigenvalue weighted by Crippen LogP contribution is -2.32. The standard InChI is InChI=1S/C12H24N2/c1-9(2)10-5-7-11(8-6-10)12(13)14(3)4/h9-11,13H,5-8H2,1-4H3. The van der Waals surface area contributed by atoms with Gasteiger partial charge in [-0.25, -0.2) is 0 Å². The number of amidine groups is 1. The Morgan fingerprint density at radius 2 is 1.64 bits per heavy atom. The summed E-state index contributed by atoms with van der Waals surface area (Å²) in [6.07, 6.45) is 5.08. The number of nitrogens with one attached hydrogen (secondary N) is 1. The topological polar surface area (TPSA) is 27.1 Å². The molecule has 0 aromatic heterocycles. The molecule has 0 atom stereocenters. The minimum atomic E-state index is 0.528. The molecule has 82 valence electrons. The van der Waals surface area contributed by atoms with Crippen LogP contribution in [-0.2, 0) is 0 Å². The molecule has 1 aliphatic rings. The minimum absolute atomic E-state index is 0.528. The molecule has 0 unspecified atom stereocenters. The fourth-order valence-electron chi connectivity index (χ4n) is 2.42. The first-order valence-corrected chi connectivity index (χ1v) is 5.78.